The van der Waals surface area contributed by atoms with Crippen molar-refractivity contribution in [3.8, 4) is 0 Å². The molecule has 0 spiro atoms. The number of fused-ring (bicyclic) bond motifs is 2. The summed E-state index contributed by atoms with van der Waals surface area (Å²) in [5.41, 5.74) is 1.27. The van der Waals surface area contributed by atoms with E-state index in [0.717, 1.165) is 57.1 Å². The first-order valence-corrected chi connectivity index (χ1v) is 12.3. The van der Waals surface area contributed by atoms with Gasteiger partial charge in [-0.05, 0) is 43.4 Å². The molecule has 3 aliphatic rings. The number of carbonyl (C=O) groups is 1. The Morgan fingerprint density at radius 3 is 2.90 bits per heavy atom. The van der Waals surface area contributed by atoms with Gasteiger partial charge in [0.25, 0.3) is 0 Å². The smallest absolute Gasteiger partial charge is 0.223 e. The maximum atomic E-state index is 12.9. The van der Waals surface area contributed by atoms with Gasteiger partial charge in [-0.15, -0.1) is 11.3 Å². The molecule has 1 aliphatic heterocycles. The van der Waals surface area contributed by atoms with Crippen LogP contribution in [0.4, 0.5) is 0 Å². The van der Waals surface area contributed by atoms with Crippen LogP contribution in [0.1, 0.15) is 55.1 Å². The van der Waals surface area contributed by atoms with Crippen molar-refractivity contribution in [1.82, 2.24) is 15.2 Å². The summed E-state index contributed by atoms with van der Waals surface area (Å²) in [4.78, 5) is 21.4. The van der Waals surface area contributed by atoms with E-state index in [0.29, 0.717) is 6.54 Å². The molecule has 6 atom stereocenters. The topological polar surface area (TPSA) is 74.7 Å². The van der Waals surface area contributed by atoms with Crippen molar-refractivity contribution < 1.29 is 14.6 Å². The van der Waals surface area contributed by atoms with E-state index in [1.165, 1.54) is 10.6 Å². The molecule has 1 saturated heterocycles. The Morgan fingerprint density at radius 1 is 1.43 bits per heavy atom. The van der Waals surface area contributed by atoms with Crippen LogP contribution in [-0.2, 0) is 16.0 Å². The van der Waals surface area contributed by atoms with E-state index in [-0.39, 0.29) is 35.0 Å². The first-order valence-electron chi connectivity index (χ1n) is 11.5. The van der Waals surface area contributed by atoms with E-state index < -0.39 is 6.10 Å². The first-order chi connectivity index (χ1) is 14.3. The Hall–Kier alpha value is -1.02. The number of hydrogen-bond acceptors (Lipinski definition) is 6. The van der Waals surface area contributed by atoms with Gasteiger partial charge in [0.15, 0.2) is 0 Å². The maximum Gasteiger partial charge on any atom is 0.223 e. The Labute approximate surface area is 184 Å². The fourth-order valence-electron chi connectivity index (χ4n) is 6.19. The van der Waals surface area contributed by atoms with Gasteiger partial charge in [0.2, 0.25) is 5.91 Å². The third kappa shape index (κ3) is 4.18. The average molecular weight is 436 g/mol. The van der Waals surface area contributed by atoms with Crippen LogP contribution in [0, 0.1) is 30.1 Å². The molecule has 1 saturated carbocycles. The van der Waals surface area contributed by atoms with E-state index in [1.54, 1.807) is 0 Å². The molecule has 1 aromatic rings. The Balaban J connectivity index is 1.39. The number of rotatable bonds is 5. The average Bonchev–Trinajstić information content (AvgIpc) is 3.08. The predicted molar refractivity (Wildman–Crippen MR) is 119 cm³/mol. The Morgan fingerprint density at radius 2 is 2.17 bits per heavy atom. The lowest BCUT2D eigenvalue weighted by atomic mass is 9.53. The van der Waals surface area contributed by atoms with Crippen LogP contribution in [0.25, 0.3) is 0 Å². The highest BCUT2D eigenvalue weighted by molar-refractivity contribution is 7.11. The summed E-state index contributed by atoms with van der Waals surface area (Å²) >= 11 is 1.81. The molecule has 1 amide bonds. The molecule has 2 N–H and O–H groups in total. The number of amides is 1. The molecule has 1 aromatic heterocycles. The number of nitrogens with one attached hydrogen (secondary N) is 1. The number of carbonyl (C=O) groups excluding carboxylic acids is 1. The van der Waals surface area contributed by atoms with Crippen LogP contribution >= 0.6 is 11.3 Å². The highest BCUT2D eigenvalue weighted by Crippen LogP contribution is 2.57. The molecule has 0 aromatic carbocycles. The second kappa shape index (κ2) is 8.85. The number of thiazole rings is 1. The van der Waals surface area contributed by atoms with Crippen molar-refractivity contribution in [1.29, 1.82) is 0 Å². The van der Waals surface area contributed by atoms with Gasteiger partial charge in [0.05, 0.1) is 30.0 Å². The summed E-state index contributed by atoms with van der Waals surface area (Å²) in [6.45, 7) is 13.6. The van der Waals surface area contributed by atoms with Gasteiger partial charge in [-0.25, -0.2) is 4.98 Å². The van der Waals surface area contributed by atoms with E-state index >= 15 is 0 Å². The van der Waals surface area contributed by atoms with Crippen molar-refractivity contribution in [3.05, 3.63) is 15.6 Å². The number of hydrogen-bond donors (Lipinski definition) is 2. The highest BCUT2D eigenvalue weighted by Gasteiger charge is 2.53. The molecule has 0 radical (unpaired) electrons. The number of ether oxygens (including phenoxy) is 1. The lowest BCUT2D eigenvalue weighted by Gasteiger charge is -2.53. The van der Waals surface area contributed by atoms with E-state index in [4.69, 9.17) is 9.72 Å². The van der Waals surface area contributed by atoms with Gasteiger partial charge >= 0.3 is 0 Å². The maximum absolute atomic E-state index is 12.9. The van der Waals surface area contributed by atoms with Crippen LogP contribution in [0.2, 0.25) is 0 Å². The predicted octanol–water partition coefficient (Wildman–Crippen LogP) is 2.59. The first kappa shape index (κ1) is 22.2. The minimum absolute atomic E-state index is 0.00944. The third-order valence-corrected chi connectivity index (χ3v) is 8.90. The molecule has 6 nitrogen and oxygen atoms in total. The lowest BCUT2D eigenvalue weighted by Crippen LogP contribution is -2.53. The second-order valence-corrected chi connectivity index (χ2v) is 11.2. The minimum atomic E-state index is -0.464. The fraction of sp³-hybridized carbons (Fsp3) is 0.826. The van der Waals surface area contributed by atoms with Crippen molar-refractivity contribution >= 4 is 17.2 Å². The molecular formula is C23H37N3O3S. The summed E-state index contributed by atoms with van der Waals surface area (Å²) in [5, 5.41) is 15.7. The van der Waals surface area contributed by atoms with Gasteiger partial charge in [0.1, 0.15) is 0 Å². The lowest BCUT2D eigenvalue weighted by molar-refractivity contribution is -0.134. The quantitative estimate of drug-likeness (QED) is 0.744. The van der Waals surface area contributed by atoms with Gasteiger partial charge in [0, 0.05) is 42.9 Å². The number of morpholine rings is 1. The van der Waals surface area contributed by atoms with E-state index in [9.17, 15) is 9.90 Å². The van der Waals surface area contributed by atoms with Crippen molar-refractivity contribution in [2.45, 2.75) is 59.0 Å². The minimum Gasteiger partial charge on any atom is -0.392 e. The zero-order chi connectivity index (χ0) is 21.5. The number of aliphatic hydroxyl groups excluding tert-OH is 1. The number of aryl methyl sites for hydroxylation is 1. The summed E-state index contributed by atoms with van der Waals surface area (Å²) in [7, 11) is 0. The highest BCUT2D eigenvalue weighted by atomic mass is 32.1. The van der Waals surface area contributed by atoms with E-state index in [1.807, 2.05) is 18.3 Å². The van der Waals surface area contributed by atoms with Gasteiger partial charge in [-0.3, -0.25) is 9.69 Å². The molecule has 4 rings (SSSR count). The molecule has 2 fully saturated rings. The summed E-state index contributed by atoms with van der Waals surface area (Å²) in [6.07, 6.45) is 2.51. The number of aliphatic hydroxyl groups is 1. The molecule has 7 heteroatoms. The van der Waals surface area contributed by atoms with Crippen molar-refractivity contribution in [2.75, 3.05) is 39.4 Å². The summed E-state index contributed by atoms with van der Waals surface area (Å²) in [6, 6.07) is 0. The summed E-state index contributed by atoms with van der Waals surface area (Å²) in [5.74, 6) is 0.298. The van der Waals surface area contributed by atoms with Crippen LogP contribution < -0.4 is 5.32 Å². The zero-order valence-electron chi connectivity index (χ0n) is 18.8. The Bertz CT molecular complexity index is 763. The fourth-order valence-corrected chi connectivity index (χ4v) is 7.42. The van der Waals surface area contributed by atoms with Crippen LogP contribution in [0.5, 0.6) is 0 Å². The zero-order valence-corrected chi connectivity index (χ0v) is 19.6. The SMILES string of the molecule is Cc1nc2c(s1)CC1(C)CCC(C(C)C(=O)NCCN3CCOCC3)C(O)C1C2C. The molecule has 168 valence electrons. The van der Waals surface area contributed by atoms with Crippen LogP contribution in [0.15, 0.2) is 0 Å². The standard InChI is InChI=1S/C23H37N3O3S/c1-14(22(28)24-7-8-26-9-11-29-12-10-26)17-5-6-23(4)13-18-20(25-16(3)30-18)15(2)19(23)21(17)27/h14-15,17,19,21,27H,5-13H2,1-4H3,(H,24,28). The van der Waals surface area contributed by atoms with Crippen LogP contribution in [-0.4, -0.2) is 66.4 Å². The molecule has 6 unspecified atom stereocenters. The normalized spacial score (nSPS) is 35.4. The second-order valence-electron chi connectivity index (χ2n) is 9.91. The monoisotopic (exact) mass is 435 g/mol. The molecule has 0 bridgehead atoms. The Kier molecular flexibility index (Phi) is 6.54. The van der Waals surface area contributed by atoms with Gasteiger partial charge in [-0.1, -0.05) is 20.8 Å². The molecule has 2 aliphatic carbocycles. The summed E-state index contributed by atoms with van der Waals surface area (Å²) < 4.78 is 5.38. The van der Waals surface area contributed by atoms with E-state index in [2.05, 4.69) is 31.0 Å². The number of aromatic nitrogens is 1. The van der Waals surface area contributed by atoms with Crippen molar-refractivity contribution in [2.24, 2.45) is 23.2 Å². The van der Waals surface area contributed by atoms with Crippen molar-refractivity contribution in [3.63, 3.8) is 0 Å². The third-order valence-electron chi connectivity index (χ3n) is 7.92. The molecule has 30 heavy (non-hydrogen) atoms. The van der Waals surface area contributed by atoms with Gasteiger partial charge < -0.3 is 15.2 Å². The van der Waals surface area contributed by atoms with Gasteiger partial charge in [-0.2, -0.15) is 0 Å². The largest absolute Gasteiger partial charge is 0.392 e. The molecule has 2 heterocycles. The molecular weight excluding hydrogens is 398 g/mol. The van der Waals surface area contributed by atoms with Crippen LogP contribution in [0.3, 0.4) is 0 Å². The number of nitrogens with zero attached hydrogens (tertiary/aromatic N) is 2.